The molecule has 0 saturated carbocycles. The van der Waals surface area contributed by atoms with Crippen LogP contribution in [-0.2, 0) is 13.6 Å². The maximum absolute atomic E-state index is 5.87. The van der Waals surface area contributed by atoms with Crippen LogP contribution in [0.25, 0.3) is 0 Å². The maximum Gasteiger partial charge on any atom is 0.332 e. The second-order valence-electron chi connectivity index (χ2n) is 9.66. The van der Waals surface area contributed by atoms with Crippen LogP contribution in [0.4, 0.5) is 0 Å². The third-order valence-corrected chi connectivity index (χ3v) is 4.33. The Morgan fingerprint density at radius 1 is 0.500 bits per heavy atom. The quantitative estimate of drug-likeness (QED) is 0.446. The predicted octanol–water partition coefficient (Wildman–Crippen LogP) is 6.57. The first-order valence-electron chi connectivity index (χ1n) is 8.47. The third kappa shape index (κ3) is 16.7. The number of rotatable bonds is 9. The highest BCUT2D eigenvalue weighted by Crippen LogP contribution is 2.42. The van der Waals surface area contributed by atoms with Gasteiger partial charge in [-0.1, -0.05) is 62.3 Å². The summed E-state index contributed by atoms with van der Waals surface area (Å²) in [4.78, 5) is 0. The molecular formula is C18H39O3P. The minimum Gasteiger partial charge on any atom is -0.312 e. The van der Waals surface area contributed by atoms with Crippen LogP contribution in [-0.4, -0.2) is 19.8 Å². The van der Waals surface area contributed by atoms with Gasteiger partial charge in [0.05, 0.1) is 19.8 Å². The molecule has 0 aliphatic rings. The van der Waals surface area contributed by atoms with Crippen molar-refractivity contribution in [1.82, 2.24) is 0 Å². The summed E-state index contributed by atoms with van der Waals surface area (Å²) in [5.41, 5.74) is 0.827. The van der Waals surface area contributed by atoms with Gasteiger partial charge in [0.15, 0.2) is 0 Å². The first-order chi connectivity index (χ1) is 9.79. The maximum atomic E-state index is 5.87. The lowest BCUT2D eigenvalue weighted by atomic mass is 9.93. The molecule has 0 aliphatic carbocycles. The summed E-state index contributed by atoms with van der Waals surface area (Å²) < 4.78 is 17.6. The van der Waals surface area contributed by atoms with Gasteiger partial charge in [-0.2, -0.15) is 0 Å². The van der Waals surface area contributed by atoms with Gasteiger partial charge in [0.25, 0.3) is 0 Å². The van der Waals surface area contributed by atoms with Crippen molar-refractivity contribution in [3.63, 3.8) is 0 Å². The second-order valence-corrected chi connectivity index (χ2v) is 10.9. The minimum absolute atomic E-state index is 0.276. The van der Waals surface area contributed by atoms with Gasteiger partial charge in [0, 0.05) is 0 Å². The zero-order chi connectivity index (χ0) is 17.4. The summed E-state index contributed by atoms with van der Waals surface area (Å²) in [6.07, 6.45) is 3.03. The van der Waals surface area contributed by atoms with E-state index in [4.69, 9.17) is 13.6 Å². The van der Waals surface area contributed by atoms with E-state index in [1.807, 2.05) is 0 Å². The molecule has 0 aliphatic heterocycles. The molecule has 0 bridgehead atoms. The molecule has 0 fully saturated rings. The van der Waals surface area contributed by atoms with E-state index in [9.17, 15) is 0 Å². The predicted molar refractivity (Wildman–Crippen MR) is 97.0 cm³/mol. The molecule has 0 unspecified atom stereocenters. The Kier molecular flexibility index (Phi) is 9.70. The molecule has 0 aromatic heterocycles. The molecule has 3 nitrogen and oxygen atoms in total. The van der Waals surface area contributed by atoms with Crippen LogP contribution in [0, 0.1) is 16.2 Å². The Bertz CT molecular complexity index is 237. The lowest BCUT2D eigenvalue weighted by Gasteiger charge is -2.24. The topological polar surface area (TPSA) is 27.7 Å². The van der Waals surface area contributed by atoms with Crippen molar-refractivity contribution in [1.29, 1.82) is 0 Å². The molecule has 134 valence electrons. The van der Waals surface area contributed by atoms with Gasteiger partial charge < -0.3 is 13.6 Å². The Morgan fingerprint density at radius 3 is 0.909 bits per heavy atom. The van der Waals surface area contributed by atoms with Crippen LogP contribution in [0.3, 0.4) is 0 Å². The Balaban J connectivity index is 4.19. The molecule has 4 heteroatoms. The average molecular weight is 334 g/mol. The first-order valence-corrected chi connectivity index (χ1v) is 9.57. The van der Waals surface area contributed by atoms with E-state index in [0.29, 0.717) is 19.8 Å². The van der Waals surface area contributed by atoms with E-state index < -0.39 is 8.60 Å². The standard InChI is InChI=1S/C18H39O3P/c1-16(2,3)10-13-19-22(20-14-11-17(4,5)6)21-15-12-18(7,8)9/h10-15H2,1-9H3. The molecule has 0 aromatic carbocycles. The molecule has 0 atom stereocenters. The Hall–Kier alpha value is 0.310. The van der Waals surface area contributed by atoms with Crippen molar-refractivity contribution in [3.8, 4) is 0 Å². The molecular weight excluding hydrogens is 295 g/mol. The monoisotopic (exact) mass is 334 g/mol. The molecule has 0 heterocycles. The molecule has 0 saturated heterocycles. The average Bonchev–Trinajstić information content (AvgIpc) is 2.23. The SMILES string of the molecule is CC(C)(C)CCOP(OCCC(C)(C)C)OCCC(C)(C)C. The van der Waals surface area contributed by atoms with E-state index in [1.54, 1.807) is 0 Å². The van der Waals surface area contributed by atoms with E-state index in [-0.39, 0.29) is 16.2 Å². The summed E-state index contributed by atoms with van der Waals surface area (Å²) in [7, 11) is -1.22. The molecule has 0 amide bonds. The van der Waals surface area contributed by atoms with Crippen LogP contribution >= 0.6 is 8.60 Å². The second kappa shape index (κ2) is 9.57. The molecule has 0 aromatic rings. The molecule has 0 N–H and O–H groups in total. The smallest absolute Gasteiger partial charge is 0.312 e. The highest BCUT2D eigenvalue weighted by molar-refractivity contribution is 7.41. The van der Waals surface area contributed by atoms with E-state index in [1.165, 1.54) is 0 Å². The summed E-state index contributed by atoms with van der Waals surface area (Å²) in [6.45, 7) is 22.1. The molecule has 22 heavy (non-hydrogen) atoms. The van der Waals surface area contributed by atoms with Crippen molar-refractivity contribution in [3.05, 3.63) is 0 Å². The summed E-state index contributed by atoms with van der Waals surface area (Å²) >= 11 is 0. The van der Waals surface area contributed by atoms with Gasteiger partial charge in [0.1, 0.15) is 0 Å². The van der Waals surface area contributed by atoms with Crippen LogP contribution in [0.5, 0.6) is 0 Å². The Labute approximate surface area is 140 Å². The van der Waals surface area contributed by atoms with Crippen molar-refractivity contribution in [2.75, 3.05) is 19.8 Å². The highest BCUT2D eigenvalue weighted by Gasteiger charge is 2.19. The van der Waals surface area contributed by atoms with Crippen LogP contribution in [0.1, 0.15) is 81.6 Å². The largest absolute Gasteiger partial charge is 0.332 e. The van der Waals surface area contributed by atoms with Gasteiger partial charge in [0.2, 0.25) is 0 Å². The highest BCUT2D eigenvalue weighted by atomic mass is 31.2. The zero-order valence-electron chi connectivity index (χ0n) is 16.4. The van der Waals surface area contributed by atoms with Crippen molar-refractivity contribution >= 4 is 8.60 Å². The third-order valence-electron chi connectivity index (χ3n) is 3.15. The van der Waals surface area contributed by atoms with Gasteiger partial charge in [-0.25, -0.2) is 0 Å². The first kappa shape index (κ1) is 22.3. The lowest BCUT2D eigenvalue weighted by Crippen LogP contribution is -2.12. The molecule has 0 radical (unpaired) electrons. The van der Waals surface area contributed by atoms with Crippen LogP contribution < -0.4 is 0 Å². The van der Waals surface area contributed by atoms with Crippen LogP contribution in [0.2, 0.25) is 0 Å². The van der Waals surface area contributed by atoms with E-state index in [0.717, 1.165) is 19.3 Å². The lowest BCUT2D eigenvalue weighted by molar-refractivity contribution is 0.126. The summed E-state index contributed by atoms with van der Waals surface area (Å²) in [5, 5.41) is 0. The van der Waals surface area contributed by atoms with Crippen molar-refractivity contribution < 1.29 is 13.6 Å². The summed E-state index contributed by atoms with van der Waals surface area (Å²) in [5.74, 6) is 0. The van der Waals surface area contributed by atoms with Crippen molar-refractivity contribution in [2.24, 2.45) is 16.2 Å². The van der Waals surface area contributed by atoms with Gasteiger partial charge in [-0.15, -0.1) is 0 Å². The molecule has 0 rings (SSSR count). The van der Waals surface area contributed by atoms with Gasteiger partial charge in [-0.3, -0.25) is 0 Å². The number of hydrogen-bond acceptors (Lipinski definition) is 3. The van der Waals surface area contributed by atoms with E-state index >= 15 is 0 Å². The minimum atomic E-state index is -1.22. The normalized spacial score (nSPS) is 13.9. The van der Waals surface area contributed by atoms with Crippen LogP contribution in [0.15, 0.2) is 0 Å². The van der Waals surface area contributed by atoms with Crippen molar-refractivity contribution in [2.45, 2.75) is 81.6 Å². The molecule has 0 spiro atoms. The van der Waals surface area contributed by atoms with E-state index in [2.05, 4.69) is 62.3 Å². The fourth-order valence-electron chi connectivity index (χ4n) is 1.39. The summed E-state index contributed by atoms with van der Waals surface area (Å²) in [6, 6.07) is 0. The Morgan fingerprint density at radius 2 is 0.727 bits per heavy atom. The van der Waals surface area contributed by atoms with Gasteiger partial charge in [-0.05, 0) is 35.5 Å². The number of hydrogen-bond donors (Lipinski definition) is 0. The fraction of sp³-hybridized carbons (Fsp3) is 1.00. The fourth-order valence-corrected chi connectivity index (χ4v) is 2.34. The van der Waals surface area contributed by atoms with Gasteiger partial charge >= 0.3 is 8.60 Å². The zero-order valence-corrected chi connectivity index (χ0v) is 17.3.